The molecular weight excluding hydrogens is 246 g/mol. The number of hydrogen-bond acceptors (Lipinski definition) is 3. The highest BCUT2D eigenvalue weighted by atomic mass is 15.2. The topological polar surface area (TPSA) is 50.9 Å². The molecular formula is C17H17N3. The first kappa shape index (κ1) is 12.8. The Morgan fingerprint density at radius 1 is 1.00 bits per heavy atom. The van der Waals surface area contributed by atoms with Crippen LogP contribution in [0.5, 0.6) is 0 Å². The van der Waals surface area contributed by atoms with Gasteiger partial charge in [0.2, 0.25) is 0 Å². The van der Waals surface area contributed by atoms with Crippen molar-refractivity contribution < 1.29 is 0 Å². The number of aromatic nitrogens is 1. The Balaban J connectivity index is 1.99. The summed E-state index contributed by atoms with van der Waals surface area (Å²) in [4.78, 5) is 4.23. The minimum absolute atomic E-state index is 0.0744. The van der Waals surface area contributed by atoms with E-state index in [9.17, 15) is 0 Å². The SMILES string of the molecule is NNC(Cc1ccccc1)c1cccc2ccncc12. The maximum absolute atomic E-state index is 5.77. The van der Waals surface area contributed by atoms with Gasteiger partial charge in [-0.2, -0.15) is 0 Å². The second kappa shape index (κ2) is 5.82. The number of nitrogens with two attached hydrogens (primary N) is 1. The van der Waals surface area contributed by atoms with Gasteiger partial charge in [0, 0.05) is 17.8 Å². The van der Waals surface area contributed by atoms with E-state index < -0.39 is 0 Å². The Morgan fingerprint density at radius 3 is 2.65 bits per heavy atom. The summed E-state index contributed by atoms with van der Waals surface area (Å²) in [7, 11) is 0. The summed E-state index contributed by atoms with van der Waals surface area (Å²) >= 11 is 0. The number of nitrogens with zero attached hydrogens (tertiary/aromatic N) is 1. The van der Waals surface area contributed by atoms with E-state index in [2.05, 4.69) is 40.7 Å². The van der Waals surface area contributed by atoms with E-state index in [1.807, 2.05) is 36.7 Å². The Kier molecular flexibility index (Phi) is 3.72. The van der Waals surface area contributed by atoms with Crippen LogP contribution in [0.1, 0.15) is 17.2 Å². The number of fused-ring (bicyclic) bond motifs is 1. The molecule has 3 rings (SSSR count). The molecule has 0 spiro atoms. The van der Waals surface area contributed by atoms with Gasteiger partial charge in [-0.3, -0.25) is 16.3 Å². The smallest absolute Gasteiger partial charge is 0.0507 e. The average molecular weight is 263 g/mol. The zero-order valence-corrected chi connectivity index (χ0v) is 11.2. The lowest BCUT2D eigenvalue weighted by atomic mass is 9.95. The van der Waals surface area contributed by atoms with Gasteiger partial charge in [-0.25, -0.2) is 0 Å². The third-order valence-electron chi connectivity index (χ3n) is 3.58. The van der Waals surface area contributed by atoms with Crippen molar-refractivity contribution in [1.29, 1.82) is 0 Å². The predicted octanol–water partition coefficient (Wildman–Crippen LogP) is 2.98. The van der Waals surface area contributed by atoms with Crippen molar-refractivity contribution in [3.8, 4) is 0 Å². The summed E-state index contributed by atoms with van der Waals surface area (Å²) in [5, 5.41) is 2.33. The van der Waals surface area contributed by atoms with Gasteiger partial charge in [-0.1, -0.05) is 48.5 Å². The first-order valence-corrected chi connectivity index (χ1v) is 6.71. The second-order valence-electron chi connectivity index (χ2n) is 4.85. The van der Waals surface area contributed by atoms with E-state index in [4.69, 9.17) is 5.84 Å². The molecule has 3 heteroatoms. The van der Waals surface area contributed by atoms with Crippen LogP contribution in [0.4, 0.5) is 0 Å². The van der Waals surface area contributed by atoms with Gasteiger partial charge in [0.05, 0.1) is 6.04 Å². The number of rotatable bonds is 4. The van der Waals surface area contributed by atoms with Crippen LogP contribution in [0.3, 0.4) is 0 Å². The monoisotopic (exact) mass is 263 g/mol. The fourth-order valence-corrected chi connectivity index (χ4v) is 2.55. The molecule has 100 valence electrons. The molecule has 1 atom stereocenters. The van der Waals surface area contributed by atoms with Crippen LogP contribution in [0.25, 0.3) is 10.8 Å². The Morgan fingerprint density at radius 2 is 1.85 bits per heavy atom. The van der Waals surface area contributed by atoms with Gasteiger partial charge in [0.25, 0.3) is 0 Å². The van der Waals surface area contributed by atoms with Crippen molar-refractivity contribution in [2.75, 3.05) is 0 Å². The van der Waals surface area contributed by atoms with Crippen LogP contribution in [0, 0.1) is 0 Å². The van der Waals surface area contributed by atoms with Crippen LogP contribution in [-0.2, 0) is 6.42 Å². The van der Waals surface area contributed by atoms with E-state index in [-0.39, 0.29) is 6.04 Å². The Labute approximate surface area is 118 Å². The Bertz CT molecular complexity index is 689. The molecule has 0 amide bonds. The van der Waals surface area contributed by atoms with Crippen LogP contribution in [-0.4, -0.2) is 4.98 Å². The van der Waals surface area contributed by atoms with Crippen molar-refractivity contribution in [2.24, 2.45) is 5.84 Å². The molecule has 1 heterocycles. The zero-order chi connectivity index (χ0) is 13.8. The minimum Gasteiger partial charge on any atom is -0.271 e. The molecule has 0 saturated heterocycles. The van der Waals surface area contributed by atoms with Gasteiger partial charge in [0.1, 0.15) is 0 Å². The van der Waals surface area contributed by atoms with Gasteiger partial charge < -0.3 is 0 Å². The summed E-state index contributed by atoms with van der Waals surface area (Å²) in [6.07, 6.45) is 4.57. The Hall–Kier alpha value is -2.23. The van der Waals surface area contributed by atoms with Crippen molar-refractivity contribution in [3.05, 3.63) is 78.1 Å². The highest BCUT2D eigenvalue weighted by Crippen LogP contribution is 2.25. The van der Waals surface area contributed by atoms with Crippen molar-refractivity contribution >= 4 is 10.8 Å². The average Bonchev–Trinajstić information content (AvgIpc) is 2.53. The number of pyridine rings is 1. The van der Waals surface area contributed by atoms with Gasteiger partial charge in [-0.05, 0) is 29.0 Å². The summed E-state index contributed by atoms with van der Waals surface area (Å²) in [6.45, 7) is 0. The van der Waals surface area contributed by atoms with E-state index in [1.165, 1.54) is 16.5 Å². The lowest BCUT2D eigenvalue weighted by molar-refractivity contribution is 0.555. The molecule has 0 aliphatic heterocycles. The molecule has 1 unspecified atom stereocenters. The molecule has 0 aliphatic rings. The zero-order valence-electron chi connectivity index (χ0n) is 11.2. The molecule has 3 nitrogen and oxygen atoms in total. The molecule has 20 heavy (non-hydrogen) atoms. The summed E-state index contributed by atoms with van der Waals surface area (Å²) in [5.74, 6) is 5.77. The molecule has 0 aliphatic carbocycles. The second-order valence-corrected chi connectivity index (χ2v) is 4.85. The van der Waals surface area contributed by atoms with Gasteiger partial charge in [-0.15, -0.1) is 0 Å². The maximum Gasteiger partial charge on any atom is 0.0507 e. The predicted molar refractivity (Wildman–Crippen MR) is 82.0 cm³/mol. The molecule has 0 radical (unpaired) electrons. The molecule has 2 aromatic carbocycles. The van der Waals surface area contributed by atoms with Crippen LogP contribution in [0.2, 0.25) is 0 Å². The maximum atomic E-state index is 5.77. The quantitative estimate of drug-likeness (QED) is 0.562. The summed E-state index contributed by atoms with van der Waals surface area (Å²) in [6, 6.07) is 18.7. The molecule has 3 aromatic rings. The summed E-state index contributed by atoms with van der Waals surface area (Å²) < 4.78 is 0. The van der Waals surface area contributed by atoms with Crippen LogP contribution in [0.15, 0.2) is 67.0 Å². The van der Waals surface area contributed by atoms with Crippen LogP contribution < -0.4 is 11.3 Å². The molecule has 1 aromatic heterocycles. The largest absolute Gasteiger partial charge is 0.271 e. The molecule has 0 fully saturated rings. The van der Waals surface area contributed by atoms with Gasteiger partial charge in [0.15, 0.2) is 0 Å². The lowest BCUT2D eigenvalue weighted by Crippen LogP contribution is -2.29. The molecule has 0 bridgehead atoms. The normalized spacial score (nSPS) is 12.4. The fraction of sp³-hybridized carbons (Fsp3) is 0.118. The van der Waals surface area contributed by atoms with Crippen LogP contribution >= 0.6 is 0 Å². The third kappa shape index (κ3) is 2.54. The molecule has 3 N–H and O–H groups in total. The highest BCUT2D eigenvalue weighted by Gasteiger charge is 2.13. The van der Waals surface area contributed by atoms with Crippen molar-refractivity contribution in [1.82, 2.24) is 10.4 Å². The number of benzene rings is 2. The van der Waals surface area contributed by atoms with Crippen molar-refractivity contribution in [2.45, 2.75) is 12.5 Å². The molecule has 0 saturated carbocycles. The lowest BCUT2D eigenvalue weighted by Gasteiger charge is -2.18. The van der Waals surface area contributed by atoms with Crippen molar-refractivity contribution in [3.63, 3.8) is 0 Å². The number of nitrogens with one attached hydrogen (secondary N) is 1. The third-order valence-corrected chi connectivity index (χ3v) is 3.58. The fourth-order valence-electron chi connectivity index (χ4n) is 2.55. The summed E-state index contributed by atoms with van der Waals surface area (Å²) in [5.41, 5.74) is 5.37. The highest BCUT2D eigenvalue weighted by molar-refractivity contribution is 5.85. The van der Waals surface area contributed by atoms with E-state index in [0.29, 0.717) is 0 Å². The number of hydrazine groups is 1. The number of hydrogen-bond donors (Lipinski definition) is 2. The minimum atomic E-state index is 0.0744. The van der Waals surface area contributed by atoms with E-state index in [0.717, 1.165) is 11.8 Å². The first-order chi connectivity index (χ1) is 9.88. The van der Waals surface area contributed by atoms with E-state index >= 15 is 0 Å². The first-order valence-electron chi connectivity index (χ1n) is 6.71. The van der Waals surface area contributed by atoms with E-state index in [1.54, 1.807) is 0 Å². The standard InChI is InChI=1S/C17H17N3/c18-20-17(11-13-5-2-1-3-6-13)15-8-4-7-14-9-10-19-12-16(14)15/h1-10,12,17,20H,11,18H2. The van der Waals surface area contributed by atoms with Gasteiger partial charge >= 0.3 is 0 Å².